The number of alkyl carbamates (subject to hydrolysis) is 1. The Kier molecular flexibility index (Phi) is 6.09. The minimum Gasteiger partial charge on any atom is -0.444 e. The van der Waals surface area contributed by atoms with Crippen LogP contribution in [0.3, 0.4) is 0 Å². The quantitative estimate of drug-likeness (QED) is 0.851. The third-order valence-corrected chi connectivity index (χ3v) is 4.69. The predicted octanol–water partition coefficient (Wildman–Crippen LogP) is 2.46. The van der Waals surface area contributed by atoms with E-state index in [0.717, 1.165) is 12.8 Å². The number of hydrogen-bond acceptors (Lipinski definition) is 4. The minimum absolute atomic E-state index is 0.271. The van der Waals surface area contributed by atoms with Crippen molar-refractivity contribution in [1.82, 2.24) is 15.1 Å². The molecule has 0 aromatic heterocycles. The van der Waals surface area contributed by atoms with Crippen molar-refractivity contribution in [3.8, 4) is 0 Å². The van der Waals surface area contributed by atoms with Gasteiger partial charge in [-0.15, -0.1) is 0 Å². The van der Waals surface area contributed by atoms with Crippen LogP contribution in [0.1, 0.15) is 52.9 Å². The van der Waals surface area contributed by atoms with Crippen LogP contribution in [0.25, 0.3) is 0 Å². The van der Waals surface area contributed by atoms with Crippen LogP contribution in [0, 0.1) is 0 Å². The first-order valence-corrected chi connectivity index (χ1v) is 8.75. The van der Waals surface area contributed by atoms with Crippen LogP contribution in [0.15, 0.2) is 0 Å². The molecule has 0 unspecified atom stereocenters. The molecule has 1 amide bonds. The van der Waals surface area contributed by atoms with Gasteiger partial charge in [-0.3, -0.25) is 4.90 Å². The summed E-state index contributed by atoms with van der Waals surface area (Å²) in [6.45, 7) is 10.5. The van der Waals surface area contributed by atoms with E-state index >= 15 is 0 Å². The highest BCUT2D eigenvalue weighted by Gasteiger charge is 2.28. The van der Waals surface area contributed by atoms with Gasteiger partial charge in [0.2, 0.25) is 0 Å². The highest BCUT2D eigenvalue weighted by atomic mass is 16.6. The zero-order valence-corrected chi connectivity index (χ0v) is 14.7. The zero-order valence-electron chi connectivity index (χ0n) is 14.7. The molecule has 1 N–H and O–H groups in total. The maximum atomic E-state index is 11.8. The molecule has 1 aliphatic carbocycles. The number of carbonyl (C=O) groups is 1. The van der Waals surface area contributed by atoms with E-state index in [1.54, 1.807) is 0 Å². The standard InChI is InChI=1S/C17H33N3O2/c1-17(2,3)22-16(21)18-14-6-8-15(9-7-14)20-11-5-10-19(4)12-13-20/h14-15H,5-13H2,1-4H3,(H,18,21)/t14-,15-. The van der Waals surface area contributed by atoms with Gasteiger partial charge in [0.05, 0.1) is 0 Å². The summed E-state index contributed by atoms with van der Waals surface area (Å²) >= 11 is 0. The molecular weight excluding hydrogens is 278 g/mol. The first-order chi connectivity index (χ1) is 10.3. The fourth-order valence-corrected chi connectivity index (χ4v) is 3.49. The molecule has 1 saturated heterocycles. The van der Waals surface area contributed by atoms with Crippen molar-refractivity contribution in [2.45, 2.75) is 70.6 Å². The molecule has 2 fully saturated rings. The molecule has 0 spiro atoms. The molecular formula is C17H33N3O2. The number of likely N-dealkylation sites (N-methyl/N-ethyl adjacent to an activating group) is 1. The SMILES string of the molecule is CN1CCCN([C@H]2CC[C@H](NC(=O)OC(C)(C)C)CC2)CC1. The highest BCUT2D eigenvalue weighted by molar-refractivity contribution is 5.68. The molecule has 128 valence electrons. The topological polar surface area (TPSA) is 44.8 Å². The van der Waals surface area contributed by atoms with Crippen molar-refractivity contribution >= 4 is 6.09 Å². The number of hydrogen-bond donors (Lipinski definition) is 1. The van der Waals surface area contributed by atoms with Crippen molar-refractivity contribution in [3.63, 3.8) is 0 Å². The van der Waals surface area contributed by atoms with E-state index in [1.807, 2.05) is 20.8 Å². The van der Waals surface area contributed by atoms with Crippen LogP contribution in [-0.4, -0.2) is 66.8 Å². The molecule has 1 aliphatic heterocycles. The maximum absolute atomic E-state index is 11.8. The summed E-state index contributed by atoms with van der Waals surface area (Å²) in [5.41, 5.74) is -0.417. The Bertz CT molecular complexity index is 359. The fourth-order valence-electron chi connectivity index (χ4n) is 3.49. The summed E-state index contributed by atoms with van der Waals surface area (Å²) in [5.74, 6) is 0. The van der Waals surface area contributed by atoms with Gasteiger partial charge in [-0.2, -0.15) is 0 Å². The second kappa shape index (κ2) is 7.64. The smallest absolute Gasteiger partial charge is 0.407 e. The largest absolute Gasteiger partial charge is 0.444 e. The maximum Gasteiger partial charge on any atom is 0.407 e. The van der Waals surface area contributed by atoms with Gasteiger partial charge in [-0.25, -0.2) is 4.79 Å². The van der Waals surface area contributed by atoms with Crippen LogP contribution in [0.2, 0.25) is 0 Å². The molecule has 0 atom stereocenters. The molecule has 0 radical (unpaired) electrons. The number of carbonyl (C=O) groups excluding carboxylic acids is 1. The third-order valence-electron chi connectivity index (χ3n) is 4.69. The van der Waals surface area contributed by atoms with Gasteiger partial charge in [-0.05, 0) is 73.0 Å². The number of nitrogens with one attached hydrogen (secondary N) is 1. The Morgan fingerprint density at radius 1 is 1.05 bits per heavy atom. The summed E-state index contributed by atoms with van der Waals surface area (Å²) in [6.07, 6.45) is 5.50. The van der Waals surface area contributed by atoms with E-state index < -0.39 is 5.60 Å². The van der Waals surface area contributed by atoms with Crippen molar-refractivity contribution in [2.24, 2.45) is 0 Å². The van der Waals surface area contributed by atoms with Crippen molar-refractivity contribution < 1.29 is 9.53 Å². The Morgan fingerprint density at radius 2 is 1.73 bits per heavy atom. The van der Waals surface area contributed by atoms with Gasteiger partial charge in [0.25, 0.3) is 0 Å². The number of nitrogens with zero attached hydrogens (tertiary/aromatic N) is 2. The Hall–Kier alpha value is -0.810. The summed E-state index contributed by atoms with van der Waals surface area (Å²) in [4.78, 5) is 16.9. The Labute approximate surface area is 135 Å². The van der Waals surface area contributed by atoms with E-state index in [2.05, 4.69) is 22.2 Å². The molecule has 1 saturated carbocycles. The van der Waals surface area contributed by atoms with Crippen LogP contribution >= 0.6 is 0 Å². The molecule has 0 bridgehead atoms. The molecule has 5 nitrogen and oxygen atoms in total. The van der Waals surface area contributed by atoms with Crippen molar-refractivity contribution in [1.29, 1.82) is 0 Å². The van der Waals surface area contributed by atoms with Gasteiger partial charge in [0.1, 0.15) is 5.60 Å². The third kappa shape index (κ3) is 5.76. The molecule has 0 aromatic carbocycles. The normalized spacial score (nSPS) is 28.9. The summed E-state index contributed by atoms with van der Waals surface area (Å²) in [7, 11) is 2.21. The lowest BCUT2D eigenvalue weighted by Crippen LogP contribution is -2.46. The predicted molar refractivity (Wildman–Crippen MR) is 89.1 cm³/mol. The average Bonchev–Trinajstić information content (AvgIpc) is 2.62. The van der Waals surface area contributed by atoms with E-state index in [9.17, 15) is 4.79 Å². The first kappa shape index (κ1) is 17.5. The second-order valence-corrected chi connectivity index (χ2v) is 7.84. The van der Waals surface area contributed by atoms with Crippen molar-refractivity contribution in [2.75, 3.05) is 33.2 Å². The van der Waals surface area contributed by atoms with E-state index in [0.29, 0.717) is 6.04 Å². The van der Waals surface area contributed by atoms with Crippen LogP contribution in [0.5, 0.6) is 0 Å². The number of rotatable bonds is 2. The fraction of sp³-hybridized carbons (Fsp3) is 0.941. The van der Waals surface area contributed by atoms with Crippen LogP contribution < -0.4 is 5.32 Å². The van der Waals surface area contributed by atoms with Gasteiger partial charge >= 0.3 is 6.09 Å². The molecule has 22 heavy (non-hydrogen) atoms. The van der Waals surface area contributed by atoms with Crippen LogP contribution in [-0.2, 0) is 4.74 Å². The Morgan fingerprint density at radius 3 is 2.36 bits per heavy atom. The van der Waals surface area contributed by atoms with Crippen molar-refractivity contribution in [3.05, 3.63) is 0 Å². The average molecular weight is 311 g/mol. The lowest BCUT2D eigenvalue weighted by atomic mass is 9.90. The summed E-state index contributed by atoms with van der Waals surface area (Å²) in [6, 6.07) is 0.976. The van der Waals surface area contributed by atoms with Gasteiger partial charge < -0.3 is 15.0 Å². The Balaban J connectivity index is 1.72. The van der Waals surface area contributed by atoms with E-state index in [1.165, 1.54) is 45.4 Å². The summed E-state index contributed by atoms with van der Waals surface area (Å²) < 4.78 is 5.35. The lowest BCUT2D eigenvalue weighted by Gasteiger charge is -2.36. The molecule has 5 heteroatoms. The lowest BCUT2D eigenvalue weighted by molar-refractivity contribution is 0.0477. The monoisotopic (exact) mass is 311 g/mol. The van der Waals surface area contributed by atoms with Gasteiger partial charge in [0, 0.05) is 25.2 Å². The molecule has 2 aliphatic rings. The minimum atomic E-state index is -0.417. The zero-order chi connectivity index (χ0) is 16.2. The number of amides is 1. The second-order valence-electron chi connectivity index (χ2n) is 7.84. The van der Waals surface area contributed by atoms with E-state index in [-0.39, 0.29) is 12.1 Å². The number of ether oxygens (including phenoxy) is 1. The first-order valence-electron chi connectivity index (χ1n) is 8.75. The molecule has 0 aromatic rings. The van der Waals surface area contributed by atoms with Crippen LogP contribution in [0.4, 0.5) is 4.79 Å². The van der Waals surface area contributed by atoms with E-state index in [4.69, 9.17) is 4.74 Å². The van der Waals surface area contributed by atoms with Gasteiger partial charge in [-0.1, -0.05) is 0 Å². The molecule has 1 heterocycles. The molecule has 2 rings (SSSR count). The highest BCUT2D eigenvalue weighted by Crippen LogP contribution is 2.24. The van der Waals surface area contributed by atoms with Gasteiger partial charge in [0.15, 0.2) is 0 Å². The summed E-state index contributed by atoms with van der Waals surface area (Å²) in [5, 5.41) is 3.03.